The summed E-state index contributed by atoms with van der Waals surface area (Å²) in [5, 5.41) is 5.07. The molecule has 0 bridgehead atoms. The van der Waals surface area contributed by atoms with Crippen LogP contribution < -0.4 is 10.6 Å². The molecule has 0 fully saturated rings. The van der Waals surface area contributed by atoms with Gasteiger partial charge in [0.05, 0.1) is 5.75 Å². The summed E-state index contributed by atoms with van der Waals surface area (Å²) in [6.07, 6.45) is 1.08. The van der Waals surface area contributed by atoms with Crippen LogP contribution in [0.4, 0.5) is 20.4 Å². The van der Waals surface area contributed by atoms with Crippen LogP contribution >= 0.6 is 0 Å². The van der Waals surface area contributed by atoms with Crippen molar-refractivity contribution >= 4 is 21.5 Å². The lowest BCUT2D eigenvalue weighted by Crippen LogP contribution is -2.26. The smallest absolute Gasteiger partial charge is 0.168 e. The second-order valence-corrected chi connectivity index (χ2v) is 6.22. The first-order chi connectivity index (χ1) is 8.23. The maximum atomic E-state index is 13.4. The molecule has 8 heteroatoms. The van der Waals surface area contributed by atoms with E-state index in [2.05, 4.69) is 15.6 Å². The van der Waals surface area contributed by atoms with E-state index >= 15 is 0 Å². The fraction of sp³-hybridized carbons (Fsp3) is 0.500. The average molecular weight is 279 g/mol. The molecule has 2 N–H and O–H groups in total. The van der Waals surface area contributed by atoms with E-state index in [1.165, 1.54) is 7.05 Å². The second-order valence-electron chi connectivity index (χ2n) is 4.04. The van der Waals surface area contributed by atoms with E-state index < -0.39 is 27.5 Å². The Labute approximate surface area is 105 Å². The first-order valence-corrected chi connectivity index (χ1v) is 7.27. The fourth-order valence-electron chi connectivity index (χ4n) is 1.47. The quantitative estimate of drug-likeness (QED) is 0.848. The lowest BCUT2D eigenvalue weighted by Gasteiger charge is -2.15. The van der Waals surface area contributed by atoms with E-state index in [-0.39, 0.29) is 17.4 Å². The number of hydrogen-bond donors (Lipinski definition) is 2. The largest absolute Gasteiger partial charge is 0.371 e. The molecule has 1 aromatic heterocycles. The van der Waals surface area contributed by atoms with Crippen molar-refractivity contribution in [2.45, 2.75) is 13.0 Å². The van der Waals surface area contributed by atoms with Gasteiger partial charge < -0.3 is 10.6 Å². The molecular formula is C10H15F2N3O2S. The van der Waals surface area contributed by atoms with Crippen LogP contribution in [0.2, 0.25) is 0 Å². The number of halogens is 2. The zero-order valence-electron chi connectivity index (χ0n) is 10.3. The summed E-state index contributed by atoms with van der Waals surface area (Å²) in [4.78, 5) is 3.69. The van der Waals surface area contributed by atoms with Crippen molar-refractivity contribution in [3.05, 3.63) is 17.7 Å². The second kappa shape index (κ2) is 5.47. The Morgan fingerprint density at radius 1 is 1.33 bits per heavy atom. The van der Waals surface area contributed by atoms with Gasteiger partial charge in [0.15, 0.2) is 23.3 Å². The molecule has 1 atom stereocenters. The third-order valence-corrected chi connectivity index (χ3v) is 3.21. The summed E-state index contributed by atoms with van der Waals surface area (Å²) in [7, 11) is -1.73. The topological polar surface area (TPSA) is 71.1 Å². The molecule has 0 radical (unpaired) electrons. The van der Waals surface area contributed by atoms with Gasteiger partial charge in [-0.05, 0) is 6.92 Å². The van der Waals surface area contributed by atoms with E-state index in [1.54, 1.807) is 6.92 Å². The maximum absolute atomic E-state index is 13.4. The molecule has 0 aliphatic rings. The van der Waals surface area contributed by atoms with Crippen LogP contribution in [0, 0.1) is 11.6 Å². The van der Waals surface area contributed by atoms with E-state index in [1.807, 2.05) is 0 Å². The summed E-state index contributed by atoms with van der Waals surface area (Å²) >= 11 is 0. The summed E-state index contributed by atoms with van der Waals surface area (Å²) in [6.45, 7) is 1.57. The van der Waals surface area contributed by atoms with Crippen LogP contribution in [0.1, 0.15) is 6.92 Å². The Hall–Kier alpha value is -1.44. The molecule has 0 spiro atoms. The Kier molecular flexibility index (Phi) is 4.44. The number of rotatable bonds is 5. The molecule has 1 rings (SSSR count). The molecule has 1 unspecified atom stereocenters. The van der Waals surface area contributed by atoms with Crippen LogP contribution in [-0.4, -0.2) is 38.5 Å². The fourth-order valence-corrected chi connectivity index (χ4v) is 2.46. The zero-order valence-corrected chi connectivity index (χ0v) is 11.1. The van der Waals surface area contributed by atoms with E-state index in [4.69, 9.17) is 0 Å². The molecule has 5 nitrogen and oxygen atoms in total. The summed E-state index contributed by atoms with van der Waals surface area (Å²) in [5.41, 5.74) is 0. The number of nitrogens with one attached hydrogen (secondary N) is 2. The van der Waals surface area contributed by atoms with Crippen molar-refractivity contribution in [3.8, 4) is 0 Å². The Bertz CT molecular complexity index is 534. The average Bonchev–Trinajstić information content (AvgIpc) is 2.19. The first kappa shape index (κ1) is 14.6. The van der Waals surface area contributed by atoms with Crippen LogP contribution in [0.15, 0.2) is 6.07 Å². The van der Waals surface area contributed by atoms with Gasteiger partial charge in [-0.3, -0.25) is 0 Å². The normalized spacial score (nSPS) is 13.2. The highest BCUT2D eigenvalue weighted by Gasteiger charge is 2.15. The molecule has 18 heavy (non-hydrogen) atoms. The van der Waals surface area contributed by atoms with Gasteiger partial charge in [-0.25, -0.2) is 22.2 Å². The Balaban J connectivity index is 2.91. The molecule has 1 heterocycles. The molecule has 0 saturated carbocycles. The molecule has 102 valence electrons. The van der Waals surface area contributed by atoms with E-state index in [0.717, 1.165) is 6.26 Å². The Morgan fingerprint density at radius 3 is 2.39 bits per heavy atom. The minimum Gasteiger partial charge on any atom is -0.371 e. The number of nitrogens with zero attached hydrogens (tertiary/aromatic N) is 1. The van der Waals surface area contributed by atoms with Gasteiger partial charge in [-0.2, -0.15) is 0 Å². The molecule has 0 aliphatic heterocycles. The molecule has 0 aliphatic carbocycles. The molecule has 0 saturated heterocycles. The number of pyridine rings is 1. The van der Waals surface area contributed by atoms with Crippen LogP contribution in [0.25, 0.3) is 0 Å². The molecule has 1 aromatic rings. The zero-order chi connectivity index (χ0) is 13.9. The predicted molar refractivity (Wildman–Crippen MR) is 66.5 cm³/mol. The van der Waals surface area contributed by atoms with Gasteiger partial charge in [0.1, 0.15) is 9.84 Å². The highest BCUT2D eigenvalue weighted by atomic mass is 32.2. The van der Waals surface area contributed by atoms with Crippen molar-refractivity contribution in [2.75, 3.05) is 29.7 Å². The molecule has 0 amide bonds. The minimum absolute atomic E-state index is 0.106. The lowest BCUT2D eigenvalue weighted by molar-refractivity contribution is 0.575. The highest BCUT2D eigenvalue weighted by molar-refractivity contribution is 7.90. The summed E-state index contributed by atoms with van der Waals surface area (Å²) in [6, 6.07) is 0.158. The highest BCUT2D eigenvalue weighted by Crippen LogP contribution is 2.19. The van der Waals surface area contributed by atoms with Gasteiger partial charge in [0.2, 0.25) is 0 Å². The van der Waals surface area contributed by atoms with Gasteiger partial charge in [0.25, 0.3) is 0 Å². The minimum atomic E-state index is -3.18. The summed E-state index contributed by atoms with van der Waals surface area (Å²) < 4.78 is 48.7. The monoisotopic (exact) mass is 279 g/mol. The van der Waals surface area contributed by atoms with Gasteiger partial charge >= 0.3 is 0 Å². The van der Waals surface area contributed by atoms with E-state index in [0.29, 0.717) is 6.07 Å². The number of sulfone groups is 1. The maximum Gasteiger partial charge on any atom is 0.168 e. The van der Waals surface area contributed by atoms with Crippen LogP contribution in [0.3, 0.4) is 0 Å². The van der Waals surface area contributed by atoms with Crippen LogP contribution in [0.5, 0.6) is 0 Å². The number of hydrogen-bond acceptors (Lipinski definition) is 5. The number of anilines is 2. The van der Waals surface area contributed by atoms with Gasteiger partial charge in [-0.15, -0.1) is 0 Å². The van der Waals surface area contributed by atoms with Crippen molar-refractivity contribution < 1.29 is 17.2 Å². The summed E-state index contributed by atoms with van der Waals surface area (Å²) in [5.74, 6) is -2.13. The van der Waals surface area contributed by atoms with Crippen molar-refractivity contribution in [1.82, 2.24) is 4.98 Å². The van der Waals surface area contributed by atoms with Crippen molar-refractivity contribution in [2.24, 2.45) is 0 Å². The third-order valence-electron chi connectivity index (χ3n) is 2.10. The Morgan fingerprint density at radius 2 is 1.89 bits per heavy atom. The molecule has 0 aromatic carbocycles. The predicted octanol–water partition coefficient (Wildman–Crippen LogP) is 1.25. The molecular weight excluding hydrogens is 264 g/mol. The van der Waals surface area contributed by atoms with Crippen molar-refractivity contribution in [3.63, 3.8) is 0 Å². The SMILES string of the molecule is CNc1nc(NC(C)CS(C)(=O)=O)c(F)cc1F. The van der Waals surface area contributed by atoms with Gasteiger partial charge in [-0.1, -0.05) is 0 Å². The van der Waals surface area contributed by atoms with Gasteiger partial charge in [0, 0.05) is 25.4 Å². The standard InChI is InChI=1S/C10H15F2N3O2S/c1-6(5-18(3,16)17)14-10-8(12)4-7(11)9(13-2)15-10/h4,6H,5H2,1-3H3,(H2,13,14,15). The van der Waals surface area contributed by atoms with Crippen LogP contribution in [-0.2, 0) is 9.84 Å². The third kappa shape index (κ3) is 4.10. The van der Waals surface area contributed by atoms with Crippen molar-refractivity contribution in [1.29, 1.82) is 0 Å². The first-order valence-electron chi connectivity index (χ1n) is 5.21. The number of aromatic nitrogens is 1. The van der Waals surface area contributed by atoms with E-state index in [9.17, 15) is 17.2 Å². The lowest BCUT2D eigenvalue weighted by atomic mass is 10.3.